The molecule has 150 valence electrons. The highest BCUT2D eigenvalue weighted by Gasteiger charge is 2.26. The molecular weight excluding hydrogens is 354 g/mol. The average molecular weight is 381 g/mol. The molecule has 0 radical (unpaired) electrons. The minimum atomic E-state index is -0.964. The number of phenolic OH excluding ortho intramolecular Hbond substituents is 2. The van der Waals surface area contributed by atoms with Crippen LogP contribution in [0.15, 0.2) is 18.2 Å². The summed E-state index contributed by atoms with van der Waals surface area (Å²) >= 11 is 0. The van der Waals surface area contributed by atoms with Crippen molar-refractivity contribution in [2.75, 3.05) is 0 Å². The van der Waals surface area contributed by atoms with Crippen LogP contribution in [-0.4, -0.2) is 46.7 Å². The number of carbonyl (C=O) groups excluding carboxylic acids is 2. The Hall–Kier alpha value is -2.48. The highest BCUT2D eigenvalue weighted by molar-refractivity contribution is 5.76. The number of phenols is 2. The molecule has 27 heavy (non-hydrogen) atoms. The Labute approximate surface area is 158 Å². The van der Waals surface area contributed by atoms with E-state index in [0.717, 1.165) is 25.7 Å². The van der Waals surface area contributed by atoms with Gasteiger partial charge in [0.25, 0.3) is 0 Å². The van der Waals surface area contributed by atoms with Gasteiger partial charge in [-0.05, 0) is 63.6 Å². The van der Waals surface area contributed by atoms with Crippen LogP contribution < -0.4 is 5.73 Å². The molecule has 0 saturated heterocycles. The molecule has 0 amide bonds. The van der Waals surface area contributed by atoms with Gasteiger partial charge in [0.2, 0.25) is 0 Å². The van der Waals surface area contributed by atoms with Crippen LogP contribution >= 0.6 is 0 Å². The first kappa shape index (κ1) is 20.8. The van der Waals surface area contributed by atoms with E-state index in [2.05, 4.69) is 0 Å². The number of ether oxygens (including phenoxy) is 3. The van der Waals surface area contributed by atoms with E-state index in [0.29, 0.717) is 5.56 Å². The molecule has 3 atom stereocenters. The van der Waals surface area contributed by atoms with Gasteiger partial charge in [-0.2, -0.15) is 0 Å². The highest BCUT2D eigenvalue weighted by atomic mass is 16.7. The monoisotopic (exact) mass is 381 g/mol. The summed E-state index contributed by atoms with van der Waals surface area (Å²) in [4.78, 5) is 23.9. The van der Waals surface area contributed by atoms with Crippen LogP contribution in [0.3, 0.4) is 0 Å². The number of hydrogen-bond acceptors (Lipinski definition) is 8. The molecule has 0 heterocycles. The molecule has 1 aromatic carbocycles. The fourth-order valence-corrected chi connectivity index (χ4v) is 2.82. The predicted molar refractivity (Wildman–Crippen MR) is 96.3 cm³/mol. The van der Waals surface area contributed by atoms with Crippen LogP contribution in [0.5, 0.6) is 11.5 Å². The Kier molecular flexibility index (Phi) is 7.29. The molecule has 8 heteroatoms. The molecule has 1 aliphatic rings. The second-order valence-corrected chi connectivity index (χ2v) is 6.87. The Morgan fingerprint density at radius 1 is 1.11 bits per heavy atom. The Morgan fingerprint density at radius 3 is 2.37 bits per heavy atom. The van der Waals surface area contributed by atoms with E-state index in [1.54, 1.807) is 19.9 Å². The van der Waals surface area contributed by atoms with Crippen LogP contribution in [0.25, 0.3) is 0 Å². The molecule has 0 aromatic heterocycles. The molecule has 1 aromatic rings. The number of benzene rings is 1. The van der Waals surface area contributed by atoms with Crippen molar-refractivity contribution < 1.29 is 34.0 Å². The minimum absolute atomic E-state index is 0.0993. The molecule has 1 fully saturated rings. The van der Waals surface area contributed by atoms with E-state index in [-0.39, 0.29) is 24.0 Å². The van der Waals surface area contributed by atoms with E-state index in [4.69, 9.17) is 19.9 Å². The van der Waals surface area contributed by atoms with Crippen LogP contribution in [0.2, 0.25) is 0 Å². The fourth-order valence-electron chi connectivity index (χ4n) is 2.82. The van der Waals surface area contributed by atoms with Gasteiger partial charge in [-0.1, -0.05) is 6.07 Å². The summed E-state index contributed by atoms with van der Waals surface area (Å²) < 4.78 is 15.6. The first-order valence-corrected chi connectivity index (χ1v) is 9.10. The molecule has 1 saturated carbocycles. The molecule has 0 aliphatic heterocycles. The molecule has 0 unspecified atom stereocenters. The molecule has 2 rings (SSSR count). The van der Waals surface area contributed by atoms with Gasteiger partial charge in [-0.15, -0.1) is 0 Å². The SMILES string of the molecule is C[C@H](OC(=O)[C@@H](N)Cc1ccc(O)c(O)c1)[C@@H](C)OC(=O)OC1CCCC1. The van der Waals surface area contributed by atoms with E-state index in [1.165, 1.54) is 12.1 Å². The van der Waals surface area contributed by atoms with Crippen molar-refractivity contribution in [3.05, 3.63) is 23.8 Å². The van der Waals surface area contributed by atoms with Gasteiger partial charge in [0.1, 0.15) is 24.4 Å². The third-order valence-electron chi connectivity index (χ3n) is 4.61. The van der Waals surface area contributed by atoms with Gasteiger partial charge in [-0.25, -0.2) is 4.79 Å². The third kappa shape index (κ3) is 6.32. The maximum Gasteiger partial charge on any atom is 0.508 e. The summed E-state index contributed by atoms with van der Waals surface area (Å²) in [6.45, 7) is 3.21. The van der Waals surface area contributed by atoms with Crippen molar-refractivity contribution in [2.45, 2.75) is 70.3 Å². The summed E-state index contributed by atoms with van der Waals surface area (Å²) in [5.41, 5.74) is 6.42. The zero-order valence-electron chi connectivity index (χ0n) is 15.6. The number of carbonyl (C=O) groups is 2. The third-order valence-corrected chi connectivity index (χ3v) is 4.61. The predicted octanol–water partition coefficient (Wildman–Crippen LogP) is 2.38. The molecule has 0 bridgehead atoms. The van der Waals surface area contributed by atoms with Gasteiger partial charge in [0.15, 0.2) is 11.5 Å². The summed E-state index contributed by atoms with van der Waals surface area (Å²) in [6.07, 6.45) is 1.64. The second-order valence-electron chi connectivity index (χ2n) is 6.87. The number of nitrogens with two attached hydrogens (primary N) is 1. The summed E-state index contributed by atoms with van der Waals surface area (Å²) in [5.74, 6) is -1.20. The molecule has 4 N–H and O–H groups in total. The van der Waals surface area contributed by atoms with Gasteiger partial charge in [-0.3, -0.25) is 4.79 Å². The quantitative estimate of drug-likeness (QED) is 0.485. The summed E-state index contributed by atoms with van der Waals surface area (Å²) in [7, 11) is 0. The molecule has 0 spiro atoms. The van der Waals surface area contributed by atoms with Crippen molar-refractivity contribution in [1.82, 2.24) is 0 Å². The number of esters is 1. The van der Waals surface area contributed by atoms with Crippen molar-refractivity contribution >= 4 is 12.1 Å². The smallest absolute Gasteiger partial charge is 0.504 e. The van der Waals surface area contributed by atoms with Crippen molar-refractivity contribution in [3.8, 4) is 11.5 Å². The number of aromatic hydroxyl groups is 2. The first-order chi connectivity index (χ1) is 12.8. The maximum absolute atomic E-state index is 12.1. The van der Waals surface area contributed by atoms with Crippen LogP contribution in [0.4, 0.5) is 4.79 Å². The van der Waals surface area contributed by atoms with Crippen molar-refractivity contribution in [2.24, 2.45) is 5.73 Å². The number of hydrogen-bond donors (Lipinski definition) is 3. The molecular formula is C19H27NO7. The van der Waals surface area contributed by atoms with E-state index in [1.807, 2.05) is 0 Å². The van der Waals surface area contributed by atoms with Crippen LogP contribution in [0, 0.1) is 0 Å². The van der Waals surface area contributed by atoms with Gasteiger partial charge >= 0.3 is 12.1 Å². The summed E-state index contributed by atoms with van der Waals surface area (Å²) in [6, 6.07) is 3.23. The lowest BCUT2D eigenvalue weighted by Crippen LogP contribution is -2.39. The normalized spacial score (nSPS) is 17.7. The van der Waals surface area contributed by atoms with Gasteiger partial charge in [0.05, 0.1) is 0 Å². The average Bonchev–Trinajstić information content (AvgIpc) is 3.10. The zero-order valence-corrected chi connectivity index (χ0v) is 15.6. The van der Waals surface area contributed by atoms with Gasteiger partial charge < -0.3 is 30.2 Å². The first-order valence-electron chi connectivity index (χ1n) is 9.10. The second kappa shape index (κ2) is 9.45. The van der Waals surface area contributed by atoms with E-state index < -0.39 is 30.4 Å². The van der Waals surface area contributed by atoms with Gasteiger partial charge in [0, 0.05) is 0 Å². The Bertz CT molecular complexity index is 657. The number of rotatable bonds is 7. The largest absolute Gasteiger partial charge is 0.508 e. The zero-order chi connectivity index (χ0) is 20.0. The Balaban J connectivity index is 1.78. The van der Waals surface area contributed by atoms with E-state index in [9.17, 15) is 19.8 Å². The molecule has 1 aliphatic carbocycles. The fraction of sp³-hybridized carbons (Fsp3) is 0.579. The summed E-state index contributed by atoms with van der Waals surface area (Å²) in [5, 5.41) is 18.8. The van der Waals surface area contributed by atoms with Crippen LogP contribution in [0.1, 0.15) is 45.1 Å². The topological polar surface area (TPSA) is 128 Å². The lowest BCUT2D eigenvalue weighted by atomic mass is 10.1. The van der Waals surface area contributed by atoms with Crippen molar-refractivity contribution in [3.63, 3.8) is 0 Å². The van der Waals surface area contributed by atoms with Crippen molar-refractivity contribution in [1.29, 1.82) is 0 Å². The Morgan fingerprint density at radius 2 is 1.74 bits per heavy atom. The maximum atomic E-state index is 12.1. The lowest BCUT2D eigenvalue weighted by Gasteiger charge is -2.23. The highest BCUT2D eigenvalue weighted by Crippen LogP contribution is 2.25. The standard InChI is InChI=1S/C19H27NO7/c1-11(12(2)26-19(24)27-14-5-3-4-6-14)25-18(23)15(20)9-13-7-8-16(21)17(22)10-13/h7-8,10-12,14-15,21-22H,3-6,9,20H2,1-2H3/t11-,12+,15-/m0/s1. The minimum Gasteiger partial charge on any atom is -0.504 e. The molecule has 8 nitrogen and oxygen atoms in total. The van der Waals surface area contributed by atoms with Crippen LogP contribution in [-0.2, 0) is 25.4 Å². The lowest BCUT2D eigenvalue weighted by molar-refractivity contribution is -0.155. The van der Waals surface area contributed by atoms with E-state index >= 15 is 0 Å².